The first-order valence-electron chi connectivity index (χ1n) is 8.18. The van der Waals surface area contributed by atoms with Crippen LogP contribution in [0.3, 0.4) is 0 Å². The summed E-state index contributed by atoms with van der Waals surface area (Å²) >= 11 is 0. The molecule has 23 heavy (non-hydrogen) atoms. The molecule has 3 heterocycles. The van der Waals surface area contributed by atoms with Gasteiger partial charge in [0.25, 0.3) is 0 Å². The molecule has 0 amide bonds. The molecule has 1 aliphatic carbocycles. The van der Waals surface area contributed by atoms with Crippen LogP contribution in [0, 0.1) is 0 Å². The lowest BCUT2D eigenvalue weighted by molar-refractivity contribution is -0.137. The van der Waals surface area contributed by atoms with E-state index in [0.29, 0.717) is 17.3 Å². The average Bonchev–Trinajstić information content (AvgIpc) is 3.27. The third kappa shape index (κ3) is 2.43. The SMILES string of the molecule is CC(C)N1CCn2c(c(C3CC3)c3cc(C(F)(F)F)cnc32)C1. The summed E-state index contributed by atoms with van der Waals surface area (Å²) in [4.78, 5) is 6.57. The van der Waals surface area contributed by atoms with E-state index in [0.717, 1.165) is 49.9 Å². The molecular weight excluding hydrogens is 303 g/mol. The van der Waals surface area contributed by atoms with E-state index in [1.807, 2.05) is 0 Å². The van der Waals surface area contributed by atoms with Crippen molar-refractivity contribution < 1.29 is 13.2 Å². The highest BCUT2D eigenvalue weighted by Gasteiger charge is 2.36. The molecule has 0 bridgehead atoms. The Kier molecular flexibility index (Phi) is 3.24. The molecule has 0 unspecified atom stereocenters. The maximum atomic E-state index is 13.1. The molecule has 2 aromatic heterocycles. The van der Waals surface area contributed by atoms with E-state index in [9.17, 15) is 13.2 Å². The van der Waals surface area contributed by atoms with Crippen molar-refractivity contribution in [1.82, 2.24) is 14.5 Å². The van der Waals surface area contributed by atoms with Gasteiger partial charge in [0.05, 0.1) is 5.56 Å². The number of aromatic nitrogens is 2. The number of alkyl halides is 3. The van der Waals surface area contributed by atoms with Gasteiger partial charge in [-0.3, -0.25) is 4.90 Å². The summed E-state index contributed by atoms with van der Waals surface area (Å²) in [6.45, 7) is 6.85. The molecular formula is C17H20F3N3. The number of rotatable bonds is 2. The molecule has 1 fully saturated rings. The number of fused-ring (bicyclic) bond motifs is 3. The highest BCUT2D eigenvalue weighted by molar-refractivity contribution is 5.84. The van der Waals surface area contributed by atoms with Gasteiger partial charge in [-0.25, -0.2) is 4.98 Å². The van der Waals surface area contributed by atoms with Gasteiger partial charge in [0.1, 0.15) is 5.65 Å². The van der Waals surface area contributed by atoms with Crippen molar-refractivity contribution in [3.63, 3.8) is 0 Å². The van der Waals surface area contributed by atoms with Crippen molar-refractivity contribution in [2.45, 2.75) is 57.9 Å². The second-order valence-electron chi connectivity index (χ2n) is 6.94. The molecule has 2 aromatic rings. The van der Waals surface area contributed by atoms with E-state index in [1.54, 1.807) is 0 Å². The molecule has 0 spiro atoms. The predicted molar refractivity (Wildman–Crippen MR) is 82.3 cm³/mol. The van der Waals surface area contributed by atoms with Crippen LogP contribution in [0.1, 0.15) is 49.4 Å². The Balaban J connectivity index is 1.90. The Labute approximate surface area is 133 Å². The third-order valence-corrected chi connectivity index (χ3v) is 5.06. The lowest BCUT2D eigenvalue weighted by atomic mass is 10.0. The van der Waals surface area contributed by atoms with Crippen molar-refractivity contribution in [3.05, 3.63) is 29.1 Å². The molecule has 0 aromatic carbocycles. The fourth-order valence-electron chi connectivity index (χ4n) is 3.63. The number of pyridine rings is 1. The number of hydrogen-bond donors (Lipinski definition) is 0. The number of nitrogens with zero attached hydrogens (tertiary/aromatic N) is 3. The van der Waals surface area contributed by atoms with Gasteiger partial charge in [-0.1, -0.05) is 0 Å². The van der Waals surface area contributed by atoms with E-state index in [1.165, 1.54) is 11.8 Å². The van der Waals surface area contributed by atoms with Crippen LogP contribution >= 0.6 is 0 Å². The zero-order valence-electron chi connectivity index (χ0n) is 13.3. The molecule has 1 saturated carbocycles. The maximum Gasteiger partial charge on any atom is 0.417 e. The summed E-state index contributed by atoms with van der Waals surface area (Å²) in [5.41, 5.74) is 2.37. The second kappa shape index (κ2) is 4.97. The Bertz CT molecular complexity index is 757. The number of hydrogen-bond acceptors (Lipinski definition) is 2. The third-order valence-electron chi connectivity index (χ3n) is 5.06. The van der Waals surface area contributed by atoms with Crippen molar-refractivity contribution in [2.75, 3.05) is 6.54 Å². The van der Waals surface area contributed by atoms with Crippen LogP contribution in [-0.2, 0) is 19.3 Å². The maximum absolute atomic E-state index is 13.1. The van der Waals surface area contributed by atoms with Crippen LogP contribution in [0.2, 0.25) is 0 Å². The highest BCUT2D eigenvalue weighted by Crippen LogP contribution is 2.47. The van der Waals surface area contributed by atoms with Crippen LogP contribution in [0.5, 0.6) is 0 Å². The summed E-state index contributed by atoms with van der Waals surface area (Å²) in [7, 11) is 0. The second-order valence-corrected chi connectivity index (χ2v) is 6.94. The Morgan fingerprint density at radius 2 is 1.96 bits per heavy atom. The van der Waals surface area contributed by atoms with Gasteiger partial charge in [-0.15, -0.1) is 0 Å². The normalized spacial score (nSPS) is 19.6. The van der Waals surface area contributed by atoms with Gasteiger partial charge in [0.15, 0.2) is 0 Å². The fourth-order valence-corrected chi connectivity index (χ4v) is 3.63. The summed E-state index contributed by atoms with van der Waals surface area (Å²) in [5.74, 6) is 0.408. The van der Waals surface area contributed by atoms with Gasteiger partial charge in [0, 0.05) is 43.0 Å². The van der Waals surface area contributed by atoms with Gasteiger partial charge in [-0.05, 0) is 44.2 Å². The first-order valence-corrected chi connectivity index (χ1v) is 8.18. The Hall–Kier alpha value is -1.56. The van der Waals surface area contributed by atoms with E-state index in [4.69, 9.17) is 0 Å². The van der Waals surface area contributed by atoms with Crippen LogP contribution in [0.4, 0.5) is 13.2 Å². The first-order chi connectivity index (χ1) is 10.9. The molecule has 0 radical (unpaired) electrons. The molecule has 0 saturated heterocycles. The molecule has 1 aliphatic heterocycles. The lowest BCUT2D eigenvalue weighted by Gasteiger charge is -2.32. The van der Waals surface area contributed by atoms with Gasteiger partial charge in [0.2, 0.25) is 0 Å². The smallest absolute Gasteiger partial charge is 0.327 e. The largest absolute Gasteiger partial charge is 0.417 e. The topological polar surface area (TPSA) is 21.1 Å². The monoisotopic (exact) mass is 323 g/mol. The quantitative estimate of drug-likeness (QED) is 0.827. The summed E-state index contributed by atoms with van der Waals surface area (Å²) < 4.78 is 41.3. The predicted octanol–water partition coefficient (Wildman–Crippen LogP) is 4.16. The Morgan fingerprint density at radius 1 is 1.22 bits per heavy atom. The molecule has 6 heteroatoms. The molecule has 2 aliphatic rings. The zero-order chi connectivity index (χ0) is 16.4. The molecule has 3 nitrogen and oxygen atoms in total. The Morgan fingerprint density at radius 3 is 2.57 bits per heavy atom. The van der Waals surface area contributed by atoms with Crippen molar-refractivity contribution in [2.24, 2.45) is 0 Å². The van der Waals surface area contributed by atoms with Crippen molar-refractivity contribution in [3.8, 4) is 0 Å². The fraction of sp³-hybridized carbons (Fsp3) is 0.588. The van der Waals surface area contributed by atoms with E-state index in [2.05, 4.69) is 28.3 Å². The minimum atomic E-state index is -4.34. The zero-order valence-corrected chi connectivity index (χ0v) is 13.3. The molecule has 0 atom stereocenters. The van der Waals surface area contributed by atoms with Crippen LogP contribution in [-0.4, -0.2) is 27.0 Å². The highest BCUT2D eigenvalue weighted by atomic mass is 19.4. The summed E-state index contributed by atoms with van der Waals surface area (Å²) in [5, 5.41) is 0.711. The van der Waals surface area contributed by atoms with Gasteiger partial charge >= 0.3 is 6.18 Å². The van der Waals surface area contributed by atoms with Crippen LogP contribution in [0.15, 0.2) is 12.3 Å². The summed E-state index contributed by atoms with van der Waals surface area (Å²) in [6, 6.07) is 1.74. The van der Waals surface area contributed by atoms with Gasteiger partial charge in [-0.2, -0.15) is 13.2 Å². The van der Waals surface area contributed by atoms with Gasteiger partial charge < -0.3 is 4.57 Å². The van der Waals surface area contributed by atoms with Crippen LogP contribution in [0.25, 0.3) is 11.0 Å². The molecule has 4 rings (SSSR count). The van der Waals surface area contributed by atoms with E-state index in [-0.39, 0.29) is 0 Å². The molecule has 0 N–H and O–H groups in total. The van der Waals surface area contributed by atoms with Crippen molar-refractivity contribution >= 4 is 11.0 Å². The lowest BCUT2D eigenvalue weighted by Crippen LogP contribution is -2.38. The van der Waals surface area contributed by atoms with Crippen LogP contribution < -0.4 is 0 Å². The average molecular weight is 323 g/mol. The number of halogens is 3. The molecule has 124 valence electrons. The van der Waals surface area contributed by atoms with E-state index >= 15 is 0 Å². The standard InChI is InChI=1S/C17H20F3N3/c1-10(2)22-5-6-23-14(9-22)15(11-3-4-11)13-7-12(17(18,19)20)8-21-16(13)23/h7-8,10-11H,3-6,9H2,1-2H3. The first kappa shape index (κ1) is 15.0. The minimum absolute atomic E-state index is 0.408. The summed E-state index contributed by atoms with van der Waals surface area (Å²) in [6.07, 6.45) is -1.22. The van der Waals surface area contributed by atoms with Crippen molar-refractivity contribution in [1.29, 1.82) is 0 Å². The minimum Gasteiger partial charge on any atom is -0.327 e. The van der Waals surface area contributed by atoms with E-state index < -0.39 is 11.7 Å².